The largest absolute Gasteiger partial charge is 0.354 e. The van der Waals surface area contributed by atoms with E-state index >= 15 is 0 Å². The van der Waals surface area contributed by atoms with Crippen LogP contribution in [0, 0.1) is 6.92 Å². The van der Waals surface area contributed by atoms with E-state index in [9.17, 15) is 4.79 Å². The fourth-order valence-electron chi connectivity index (χ4n) is 3.76. The molecule has 1 fully saturated rings. The molecule has 1 aromatic heterocycles. The molecule has 2 aromatic rings. The van der Waals surface area contributed by atoms with Crippen LogP contribution in [-0.2, 0) is 17.8 Å². The standard InChI is InChI=1S/C21H27N5OS/c1-16-22-19-8-9-26(20(27)15-28-17-6-4-3-5-7-17)14-18(19)21(23-16)25-12-10-24(2)11-13-25/h3-7H,8-15H2,1-2H3. The van der Waals surface area contributed by atoms with E-state index in [1.807, 2.05) is 42.2 Å². The Morgan fingerprint density at radius 1 is 1.07 bits per heavy atom. The molecule has 0 aliphatic carbocycles. The minimum Gasteiger partial charge on any atom is -0.354 e. The lowest BCUT2D eigenvalue weighted by atomic mass is 10.0. The number of aromatic nitrogens is 2. The normalized spacial score (nSPS) is 17.5. The molecule has 1 aromatic carbocycles. The Morgan fingerprint density at radius 2 is 1.82 bits per heavy atom. The van der Waals surface area contributed by atoms with Crippen molar-refractivity contribution in [2.75, 3.05) is 50.4 Å². The molecule has 4 rings (SSSR count). The smallest absolute Gasteiger partial charge is 0.233 e. The average Bonchev–Trinajstić information content (AvgIpc) is 2.72. The number of hydrogen-bond acceptors (Lipinski definition) is 6. The number of carbonyl (C=O) groups excluding carboxylic acids is 1. The monoisotopic (exact) mass is 397 g/mol. The first kappa shape index (κ1) is 19.2. The average molecular weight is 398 g/mol. The van der Waals surface area contributed by atoms with Crippen LogP contribution in [0.5, 0.6) is 0 Å². The minimum atomic E-state index is 0.185. The highest BCUT2D eigenvalue weighted by Gasteiger charge is 2.28. The van der Waals surface area contributed by atoms with Crippen molar-refractivity contribution in [3.63, 3.8) is 0 Å². The van der Waals surface area contributed by atoms with E-state index < -0.39 is 0 Å². The molecule has 6 nitrogen and oxygen atoms in total. The van der Waals surface area contributed by atoms with Gasteiger partial charge >= 0.3 is 0 Å². The number of hydrogen-bond donors (Lipinski definition) is 0. The number of piperazine rings is 1. The quantitative estimate of drug-likeness (QED) is 0.738. The van der Waals surface area contributed by atoms with Crippen LogP contribution in [-0.4, -0.2) is 71.2 Å². The maximum atomic E-state index is 12.8. The number of thioether (sulfide) groups is 1. The molecule has 148 valence electrons. The van der Waals surface area contributed by atoms with E-state index in [1.165, 1.54) is 0 Å². The van der Waals surface area contributed by atoms with E-state index in [0.717, 1.165) is 66.9 Å². The highest BCUT2D eigenvalue weighted by Crippen LogP contribution is 2.28. The second-order valence-corrected chi connectivity index (χ2v) is 8.53. The van der Waals surface area contributed by atoms with Crippen molar-refractivity contribution >= 4 is 23.5 Å². The van der Waals surface area contributed by atoms with Crippen LogP contribution in [0.1, 0.15) is 17.1 Å². The Kier molecular flexibility index (Phi) is 5.82. The summed E-state index contributed by atoms with van der Waals surface area (Å²) in [4.78, 5) is 30.1. The second-order valence-electron chi connectivity index (χ2n) is 7.48. The van der Waals surface area contributed by atoms with Gasteiger partial charge in [-0.3, -0.25) is 4.79 Å². The maximum Gasteiger partial charge on any atom is 0.233 e. The highest BCUT2D eigenvalue weighted by atomic mass is 32.2. The lowest BCUT2D eigenvalue weighted by Gasteiger charge is -2.37. The SMILES string of the molecule is Cc1nc2c(c(N3CCN(C)CC3)n1)CN(C(=O)CSc1ccccc1)CC2. The highest BCUT2D eigenvalue weighted by molar-refractivity contribution is 8.00. The lowest BCUT2D eigenvalue weighted by molar-refractivity contribution is -0.129. The maximum absolute atomic E-state index is 12.8. The van der Waals surface area contributed by atoms with E-state index in [-0.39, 0.29) is 5.91 Å². The molecule has 28 heavy (non-hydrogen) atoms. The lowest BCUT2D eigenvalue weighted by Crippen LogP contribution is -2.46. The van der Waals surface area contributed by atoms with Gasteiger partial charge in [-0.1, -0.05) is 18.2 Å². The van der Waals surface area contributed by atoms with Crippen molar-refractivity contribution in [2.24, 2.45) is 0 Å². The molecule has 1 amide bonds. The topological polar surface area (TPSA) is 52.6 Å². The number of fused-ring (bicyclic) bond motifs is 1. The molecule has 7 heteroatoms. The van der Waals surface area contributed by atoms with Gasteiger partial charge in [-0.15, -0.1) is 11.8 Å². The Labute approximate surface area is 170 Å². The molecule has 2 aliphatic rings. The number of aryl methyl sites for hydroxylation is 1. The number of amides is 1. The zero-order valence-corrected chi connectivity index (χ0v) is 17.4. The fourth-order valence-corrected chi connectivity index (χ4v) is 4.59. The first-order valence-electron chi connectivity index (χ1n) is 9.85. The molecule has 0 spiro atoms. The van der Waals surface area contributed by atoms with Gasteiger partial charge in [0.2, 0.25) is 5.91 Å². The van der Waals surface area contributed by atoms with Gasteiger partial charge in [0.15, 0.2) is 0 Å². The van der Waals surface area contributed by atoms with Gasteiger partial charge in [-0.25, -0.2) is 9.97 Å². The summed E-state index contributed by atoms with van der Waals surface area (Å²) < 4.78 is 0. The molecule has 2 aliphatic heterocycles. The molecule has 0 atom stereocenters. The minimum absolute atomic E-state index is 0.185. The summed E-state index contributed by atoms with van der Waals surface area (Å²) in [6.45, 7) is 7.33. The van der Waals surface area contributed by atoms with Crippen LogP contribution in [0.2, 0.25) is 0 Å². The van der Waals surface area contributed by atoms with Gasteiger partial charge in [0.1, 0.15) is 11.6 Å². The summed E-state index contributed by atoms with van der Waals surface area (Å²) in [5.74, 6) is 2.51. The fraction of sp³-hybridized carbons (Fsp3) is 0.476. The van der Waals surface area contributed by atoms with Gasteiger partial charge < -0.3 is 14.7 Å². The molecule has 0 N–H and O–H groups in total. The number of likely N-dealkylation sites (N-methyl/N-ethyl adjacent to an activating group) is 1. The first-order chi connectivity index (χ1) is 13.6. The molecular formula is C21H27N5OS. The van der Waals surface area contributed by atoms with Crippen LogP contribution in [0.4, 0.5) is 5.82 Å². The number of rotatable bonds is 4. The van der Waals surface area contributed by atoms with Crippen molar-refractivity contribution in [2.45, 2.75) is 24.8 Å². The number of anilines is 1. The molecule has 1 saturated heterocycles. The van der Waals surface area contributed by atoms with Gasteiger partial charge in [0.25, 0.3) is 0 Å². The van der Waals surface area contributed by atoms with Crippen molar-refractivity contribution in [1.29, 1.82) is 0 Å². The Morgan fingerprint density at radius 3 is 2.57 bits per heavy atom. The van der Waals surface area contributed by atoms with Gasteiger partial charge in [-0.05, 0) is 26.1 Å². The number of nitrogens with zero attached hydrogens (tertiary/aromatic N) is 5. The van der Waals surface area contributed by atoms with Crippen molar-refractivity contribution in [1.82, 2.24) is 19.8 Å². The number of benzene rings is 1. The Hall–Kier alpha value is -2.12. The van der Waals surface area contributed by atoms with Crippen LogP contribution in [0.25, 0.3) is 0 Å². The summed E-state index contributed by atoms with van der Waals surface area (Å²) in [5, 5.41) is 0. The van der Waals surface area contributed by atoms with Gasteiger partial charge in [-0.2, -0.15) is 0 Å². The summed E-state index contributed by atoms with van der Waals surface area (Å²) in [6.07, 6.45) is 0.807. The molecule has 0 saturated carbocycles. The van der Waals surface area contributed by atoms with Gasteiger partial charge in [0, 0.05) is 49.6 Å². The Balaban J connectivity index is 1.48. The van der Waals surface area contributed by atoms with Crippen molar-refractivity contribution in [3.8, 4) is 0 Å². The molecule has 3 heterocycles. The predicted octanol–water partition coefficient (Wildman–Crippen LogP) is 2.21. The van der Waals surface area contributed by atoms with Crippen molar-refractivity contribution < 1.29 is 4.79 Å². The van der Waals surface area contributed by atoms with Crippen LogP contribution >= 0.6 is 11.8 Å². The van der Waals surface area contributed by atoms with Gasteiger partial charge in [0.05, 0.1) is 18.0 Å². The molecule has 0 unspecified atom stereocenters. The van der Waals surface area contributed by atoms with Crippen molar-refractivity contribution in [3.05, 3.63) is 47.4 Å². The van der Waals surface area contributed by atoms with E-state index in [4.69, 9.17) is 4.98 Å². The zero-order valence-electron chi connectivity index (χ0n) is 16.6. The Bertz CT molecular complexity index is 836. The third-order valence-electron chi connectivity index (χ3n) is 5.41. The molecule has 0 radical (unpaired) electrons. The third kappa shape index (κ3) is 4.31. The van der Waals surface area contributed by atoms with Crippen LogP contribution in [0.3, 0.4) is 0 Å². The van der Waals surface area contributed by atoms with E-state index in [0.29, 0.717) is 12.3 Å². The third-order valence-corrected chi connectivity index (χ3v) is 6.41. The first-order valence-corrected chi connectivity index (χ1v) is 10.8. The summed E-state index contributed by atoms with van der Waals surface area (Å²) >= 11 is 1.60. The van der Waals surface area contributed by atoms with Crippen LogP contribution < -0.4 is 4.90 Å². The van der Waals surface area contributed by atoms with Crippen LogP contribution in [0.15, 0.2) is 35.2 Å². The predicted molar refractivity (Wildman–Crippen MR) is 113 cm³/mol. The summed E-state index contributed by atoms with van der Waals surface area (Å²) in [7, 11) is 2.16. The van der Waals surface area contributed by atoms with E-state index in [1.54, 1.807) is 11.8 Å². The second kappa shape index (κ2) is 8.49. The molecular weight excluding hydrogens is 370 g/mol. The van der Waals surface area contributed by atoms with E-state index in [2.05, 4.69) is 21.8 Å². The molecule has 0 bridgehead atoms. The zero-order chi connectivity index (χ0) is 19.5. The summed E-state index contributed by atoms with van der Waals surface area (Å²) in [5.41, 5.74) is 2.25. The summed E-state index contributed by atoms with van der Waals surface area (Å²) in [6, 6.07) is 10.1. The number of carbonyl (C=O) groups is 1.